The molecule has 0 bridgehead atoms. The third-order valence-electron chi connectivity index (χ3n) is 2.92. The summed E-state index contributed by atoms with van der Waals surface area (Å²) in [6.07, 6.45) is 1.97. The Morgan fingerprint density at radius 1 is 1.40 bits per heavy atom. The molecule has 0 aromatic carbocycles. The number of aliphatic hydroxyl groups excluding tert-OH is 1. The lowest BCUT2D eigenvalue weighted by Gasteiger charge is -2.28. The third kappa shape index (κ3) is 3.65. The number of ether oxygens (including phenoxy) is 1. The van der Waals surface area contributed by atoms with Crippen LogP contribution in [0.4, 0.5) is 0 Å². The average molecular weight is 232 g/mol. The maximum atomic E-state index is 8.90. The zero-order valence-corrected chi connectivity index (χ0v) is 11.4. The Balaban J connectivity index is 2.55. The monoisotopic (exact) mass is 232 g/mol. The Hall–Kier alpha value is 0.270. The minimum Gasteiger partial charge on any atom is -0.396 e. The van der Waals surface area contributed by atoms with Gasteiger partial charge in [-0.25, -0.2) is 0 Å². The van der Waals surface area contributed by atoms with Crippen LogP contribution in [0.25, 0.3) is 0 Å². The van der Waals surface area contributed by atoms with Crippen LogP contribution in [0.3, 0.4) is 0 Å². The highest BCUT2D eigenvalue weighted by atomic mass is 32.2. The molecule has 2 nitrogen and oxygen atoms in total. The SMILES string of the molecule is CC(CCO)SC1CC(C)(C)OC1(C)C. The molecule has 1 heterocycles. The van der Waals surface area contributed by atoms with Gasteiger partial charge in [-0.1, -0.05) is 6.92 Å². The summed E-state index contributed by atoms with van der Waals surface area (Å²) in [5, 5.41) is 9.95. The number of hydrogen-bond donors (Lipinski definition) is 1. The summed E-state index contributed by atoms with van der Waals surface area (Å²) in [5.41, 5.74) is -0.0437. The van der Waals surface area contributed by atoms with Crippen LogP contribution in [0.1, 0.15) is 47.5 Å². The zero-order chi connectivity index (χ0) is 11.7. The molecule has 1 N–H and O–H groups in total. The zero-order valence-electron chi connectivity index (χ0n) is 10.5. The lowest BCUT2D eigenvalue weighted by molar-refractivity contribution is -0.0632. The van der Waals surface area contributed by atoms with Gasteiger partial charge in [-0.15, -0.1) is 0 Å². The number of aliphatic hydroxyl groups is 1. The first-order chi connectivity index (χ1) is 6.77. The third-order valence-corrected chi connectivity index (χ3v) is 4.69. The van der Waals surface area contributed by atoms with Crippen molar-refractivity contribution < 1.29 is 9.84 Å². The summed E-state index contributed by atoms with van der Waals surface area (Å²) in [4.78, 5) is 0. The topological polar surface area (TPSA) is 29.5 Å². The molecular formula is C12H24O2S. The quantitative estimate of drug-likeness (QED) is 0.808. The smallest absolute Gasteiger partial charge is 0.0753 e. The van der Waals surface area contributed by atoms with Gasteiger partial charge in [-0.3, -0.25) is 0 Å². The molecule has 0 aliphatic carbocycles. The molecule has 0 saturated carbocycles. The van der Waals surface area contributed by atoms with E-state index in [4.69, 9.17) is 9.84 Å². The molecule has 0 aromatic rings. The van der Waals surface area contributed by atoms with Crippen molar-refractivity contribution in [1.82, 2.24) is 0 Å². The second kappa shape index (κ2) is 4.64. The molecule has 0 aromatic heterocycles. The molecule has 1 aliphatic rings. The van der Waals surface area contributed by atoms with Crippen molar-refractivity contribution in [2.24, 2.45) is 0 Å². The van der Waals surface area contributed by atoms with Gasteiger partial charge >= 0.3 is 0 Å². The van der Waals surface area contributed by atoms with E-state index < -0.39 is 0 Å². The van der Waals surface area contributed by atoms with E-state index in [1.807, 2.05) is 11.8 Å². The van der Waals surface area contributed by atoms with E-state index in [0.29, 0.717) is 10.5 Å². The van der Waals surface area contributed by atoms with Gasteiger partial charge < -0.3 is 9.84 Å². The highest BCUT2D eigenvalue weighted by Gasteiger charge is 2.46. The van der Waals surface area contributed by atoms with Crippen LogP contribution in [-0.2, 0) is 4.74 Å². The van der Waals surface area contributed by atoms with Crippen LogP contribution in [0.15, 0.2) is 0 Å². The Labute approximate surface area is 97.8 Å². The Morgan fingerprint density at radius 2 is 2.00 bits per heavy atom. The number of hydrogen-bond acceptors (Lipinski definition) is 3. The minimum atomic E-state index is -0.0438. The normalized spacial score (nSPS) is 30.4. The van der Waals surface area contributed by atoms with E-state index in [9.17, 15) is 0 Å². The predicted molar refractivity (Wildman–Crippen MR) is 66.4 cm³/mol. The highest BCUT2D eigenvalue weighted by Crippen LogP contribution is 2.45. The van der Waals surface area contributed by atoms with E-state index in [2.05, 4.69) is 34.6 Å². The van der Waals surface area contributed by atoms with Gasteiger partial charge in [0.05, 0.1) is 11.2 Å². The summed E-state index contributed by atoms with van der Waals surface area (Å²) in [7, 11) is 0. The first-order valence-electron chi connectivity index (χ1n) is 5.73. The number of thioether (sulfide) groups is 1. The lowest BCUT2D eigenvalue weighted by atomic mass is 10.0. The fourth-order valence-corrected chi connectivity index (χ4v) is 3.93. The Bertz CT molecular complexity index is 214. The van der Waals surface area contributed by atoms with Crippen molar-refractivity contribution in [3.05, 3.63) is 0 Å². The van der Waals surface area contributed by atoms with Crippen LogP contribution in [0.5, 0.6) is 0 Å². The second-order valence-corrected chi connectivity index (χ2v) is 7.26. The molecule has 1 saturated heterocycles. The molecule has 90 valence electrons. The van der Waals surface area contributed by atoms with Crippen LogP contribution in [0, 0.1) is 0 Å². The van der Waals surface area contributed by atoms with Gasteiger partial charge in [-0.2, -0.15) is 11.8 Å². The molecule has 0 amide bonds. The van der Waals surface area contributed by atoms with Gasteiger partial charge in [0.25, 0.3) is 0 Å². The van der Waals surface area contributed by atoms with Crippen LogP contribution >= 0.6 is 11.8 Å². The fourth-order valence-electron chi connectivity index (χ4n) is 2.25. The molecule has 0 spiro atoms. The van der Waals surface area contributed by atoms with E-state index in [-0.39, 0.29) is 17.8 Å². The van der Waals surface area contributed by atoms with Crippen molar-refractivity contribution in [2.45, 2.75) is 69.2 Å². The molecule has 1 aliphatic heterocycles. The van der Waals surface area contributed by atoms with Gasteiger partial charge in [0.1, 0.15) is 0 Å². The first-order valence-corrected chi connectivity index (χ1v) is 6.67. The van der Waals surface area contributed by atoms with Crippen LogP contribution < -0.4 is 0 Å². The average Bonchev–Trinajstić information content (AvgIpc) is 2.19. The molecule has 0 radical (unpaired) electrons. The molecule has 1 fully saturated rings. The van der Waals surface area contributed by atoms with E-state index in [1.165, 1.54) is 0 Å². The van der Waals surface area contributed by atoms with Gasteiger partial charge in [0, 0.05) is 17.1 Å². The molecule has 2 unspecified atom stereocenters. The maximum Gasteiger partial charge on any atom is 0.0753 e. The maximum absolute atomic E-state index is 8.90. The predicted octanol–water partition coefficient (Wildman–Crippen LogP) is 2.84. The van der Waals surface area contributed by atoms with E-state index in [0.717, 1.165) is 12.8 Å². The first kappa shape index (κ1) is 13.3. The minimum absolute atomic E-state index is 0.000101. The molecule has 1 rings (SSSR count). The Kier molecular flexibility index (Phi) is 4.13. The van der Waals surface area contributed by atoms with Gasteiger partial charge in [0.15, 0.2) is 0 Å². The van der Waals surface area contributed by atoms with Crippen molar-refractivity contribution in [2.75, 3.05) is 6.61 Å². The Morgan fingerprint density at radius 3 is 2.40 bits per heavy atom. The van der Waals surface area contributed by atoms with Gasteiger partial charge in [-0.05, 0) is 40.5 Å². The second-order valence-electron chi connectivity index (χ2n) is 5.62. The highest BCUT2D eigenvalue weighted by molar-refractivity contribution is 8.00. The molecule has 15 heavy (non-hydrogen) atoms. The van der Waals surface area contributed by atoms with Crippen molar-refractivity contribution in [3.8, 4) is 0 Å². The summed E-state index contributed by atoms with van der Waals surface area (Å²) in [5.74, 6) is 0. The summed E-state index contributed by atoms with van der Waals surface area (Å²) in [6, 6.07) is 0. The van der Waals surface area contributed by atoms with Crippen LogP contribution in [0.2, 0.25) is 0 Å². The van der Waals surface area contributed by atoms with Gasteiger partial charge in [0.2, 0.25) is 0 Å². The lowest BCUT2D eigenvalue weighted by Crippen LogP contribution is -2.32. The van der Waals surface area contributed by atoms with Crippen molar-refractivity contribution >= 4 is 11.8 Å². The summed E-state index contributed by atoms with van der Waals surface area (Å²) >= 11 is 1.96. The molecular weight excluding hydrogens is 208 g/mol. The standard InChI is InChI=1S/C12H24O2S/c1-9(6-7-13)15-10-8-11(2,3)14-12(10,4)5/h9-10,13H,6-8H2,1-5H3. The summed E-state index contributed by atoms with van der Waals surface area (Å²) in [6.45, 7) is 11.1. The van der Waals surface area contributed by atoms with E-state index in [1.54, 1.807) is 0 Å². The van der Waals surface area contributed by atoms with Crippen LogP contribution in [-0.4, -0.2) is 33.4 Å². The van der Waals surface area contributed by atoms with Crippen molar-refractivity contribution in [3.63, 3.8) is 0 Å². The van der Waals surface area contributed by atoms with E-state index >= 15 is 0 Å². The number of rotatable bonds is 4. The van der Waals surface area contributed by atoms with Crippen molar-refractivity contribution in [1.29, 1.82) is 0 Å². The largest absolute Gasteiger partial charge is 0.396 e. The molecule has 3 heteroatoms. The summed E-state index contributed by atoms with van der Waals surface area (Å²) < 4.78 is 6.04. The molecule has 2 atom stereocenters. The fraction of sp³-hybridized carbons (Fsp3) is 1.00.